The van der Waals surface area contributed by atoms with Gasteiger partial charge >= 0.3 is 0 Å². The van der Waals surface area contributed by atoms with Crippen LogP contribution in [-0.4, -0.2) is 33.1 Å². The number of hydrogen-bond acceptors (Lipinski definition) is 5. The average Bonchev–Trinajstić information content (AvgIpc) is 3.29. The molecule has 6 heteroatoms. The summed E-state index contributed by atoms with van der Waals surface area (Å²) in [5.74, 6) is -0.00470. The molecule has 0 radical (unpaired) electrons. The minimum atomic E-state index is -0.00470. The number of benzene rings is 2. The van der Waals surface area contributed by atoms with Crippen molar-refractivity contribution < 1.29 is 4.79 Å². The van der Waals surface area contributed by atoms with Crippen LogP contribution < -0.4 is 0 Å². The molecule has 30 heavy (non-hydrogen) atoms. The zero-order valence-electron chi connectivity index (χ0n) is 16.9. The number of hydrogen-bond donors (Lipinski definition) is 0. The summed E-state index contributed by atoms with van der Waals surface area (Å²) in [4.78, 5) is 18.4. The average molecular weight is 451 g/mol. The van der Waals surface area contributed by atoms with Crippen LogP contribution in [0.3, 0.4) is 0 Å². The van der Waals surface area contributed by atoms with Crippen molar-refractivity contribution in [3.05, 3.63) is 93.9 Å². The van der Waals surface area contributed by atoms with Gasteiger partial charge in [-0.2, -0.15) is 0 Å². The minimum absolute atomic E-state index is 0.00470. The maximum Gasteiger partial charge on any atom is 0.266 e. The number of carbonyl (C=O) groups is 1. The van der Waals surface area contributed by atoms with E-state index in [1.54, 1.807) is 16.7 Å². The van der Waals surface area contributed by atoms with Crippen molar-refractivity contribution in [1.29, 1.82) is 0 Å². The quantitative estimate of drug-likeness (QED) is 0.399. The van der Waals surface area contributed by atoms with E-state index in [-0.39, 0.29) is 5.91 Å². The van der Waals surface area contributed by atoms with E-state index in [0.717, 1.165) is 11.6 Å². The van der Waals surface area contributed by atoms with Gasteiger partial charge in [-0.1, -0.05) is 96.4 Å². The van der Waals surface area contributed by atoms with Gasteiger partial charge in [0.25, 0.3) is 5.91 Å². The van der Waals surface area contributed by atoms with E-state index in [9.17, 15) is 4.79 Å². The summed E-state index contributed by atoms with van der Waals surface area (Å²) < 4.78 is 0.631. The van der Waals surface area contributed by atoms with E-state index in [0.29, 0.717) is 15.8 Å². The zero-order chi connectivity index (χ0) is 21.1. The lowest BCUT2D eigenvalue weighted by atomic mass is 10.1. The van der Waals surface area contributed by atoms with Crippen molar-refractivity contribution in [3.8, 4) is 0 Å². The first-order valence-electron chi connectivity index (χ1n) is 9.90. The summed E-state index contributed by atoms with van der Waals surface area (Å²) in [6, 6.07) is 20.9. The molecule has 0 N–H and O–H groups in total. The molecule has 1 fully saturated rings. The molecule has 2 aliphatic rings. The third kappa shape index (κ3) is 4.00. The van der Waals surface area contributed by atoms with Crippen LogP contribution in [0.4, 0.5) is 0 Å². The Bertz CT molecular complexity index is 1060. The summed E-state index contributed by atoms with van der Waals surface area (Å²) >= 11 is 8.46. The molecule has 2 aliphatic heterocycles. The van der Waals surface area contributed by atoms with Gasteiger partial charge in [-0.3, -0.25) is 9.69 Å². The fraction of sp³-hybridized carbons (Fsp3) is 0.167. The Morgan fingerprint density at radius 1 is 0.833 bits per heavy atom. The van der Waals surface area contributed by atoms with Crippen molar-refractivity contribution in [3.63, 3.8) is 0 Å². The van der Waals surface area contributed by atoms with Crippen LogP contribution in [0, 0.1) is 0 Å². The Kier molecular flexibility index (Phi) is 6.46. The highest BCUT2D eigenvalue weighted by atomic mass is 32.2. The highest BCUT2D eigenvalue weighted by molar-refractivity contribution is 8.26. The number of amides is 1. The second kappa shape index (κ2) is 9.25. The topological polar surface area (TPSA) is 23.6 Å². The van der Waals surface area contributed by atoms with Gasteiger partial charge in [-0.25, -0.2) is 0 Å². The van der Waals surface area contributed by atoms with Gasteiger partial charge in [0.1, 0.15) is 4.32 Å². The highest BCUT2D eigenvalue weighted by Gasteiger charge is 2.31. The molecule has 0 atom stereocenters. The highest BCUT2D eigenvalue weighted by Crippen LogP contribution is 2.50. The van der Waals surface area contributed by atoms with Crippen molar-refractivity contribution in [2.24, 2.45) is 0 Å². The van der Waals surface area contributed by atoms with Crippen LogP contribution in [0.5, 0.6) is 0 Å². The fourth-order valence-corrected chi connectivity index (χ4v) is 6.06. The molecule has 2 heterocycles. The predicted octanol–water partition coefficient (Wildman–Crippen LogP) is 6.19. The molecular formula is C24H22N2OS3. The van der Waals surface area contributed by atoms with E-state index in [4.69, 9.17) is 12.2 Å². The van der Waals surface area contributed by atoms with Crippen molar-refractivity contribution in [1.82, 2.24) is 9.80 Å². The van der Waals surface area contributed by atoms with Crippen molar-refractivity contribution in [2.75, 3.05) is 13.1 Å². The second-order valence-corrected chi connectivity index (χ2v) is 9.42. The van der Waals surface area contributed by atoms with E-state index in [1.807, 2.05) is 25.1 Å². The van der Waals surface area contributed by atoms with E-state index in [2.05, 4.69) is 66.4 Å². The number of likely N-dealkylation sites (N-methyl/N-ethyl adjacent to an activating group) is 1. The standard InChI is InChI=1S/C24H22N2OS3/c1-3-25-20(16-15-19-23(27)26(4-2)24(28)29-19)30-22(18-13-9-6-10-14-18)21(25)17-11-7-5-8-12-17/h5-16H,3-4H2,1-2H3/b19-15-,20-16+. The maximum absolute atomic E-state index is 12.6. The van der Waals surface area contributed by atoms with Gasteiger partial charge < -0.3 is 4.90 Å². The first-order chi connectivity index (χ1) is 14.6. The molecule has 2 aromatic carbocycles. The second-order valence-electron chi connectivity index (χ2n) is 6.71. The van der Waals surface area contributed by atoms with Crippen LogP contribution in [0.2, 0.25) is 0 Å². The Morgan fingerprint density at radius 2 is 1.43 bits per heavy atom. The molecule has 0 aliphatic carbocycles. The van der Waals surface area contributed by atoms with E-state index in [1.165, 1.54) is 33.5 Å². The predicted molar refractivity (Wildman–Crippen MR) is 133 cm³/mol. The molecule has 0 aromatic heterocycles. The molecule has 0 spiro atoms. The Morgan fingerprint density at radius 3 is 2.00 bits per heavy atom. The zero-order valence-corrected chi connectivity index (χ0v) is 19.3. The molecule has 0 saturated carbocycles. The minimum Gasteiger partial charge on any atom is -0.335 e. The molecule has 1 amide bonds. The van der Waals surface area contributed by atoms with Gasteiger partial charge in [0, 0.05) is 18.0 Å². The monoisotopic (exact) mass is 450 g/mol. The molecule has 0 bridgehead atoms. The van der Waals surface area contributed by atoms with Crippen LogP contribution in [0.15, 0.2) is 82.7 Å². The lowest BCUT2D eigenvalue weighted by Crippen LogP contribution is -2.27. The number of thiocarbonyl (C=S) groups is 1. The molecular weight excluding hydrogens is 428 g/mol. The summed E-state index contributed by atoms with van der Waals surface area (Å²) in [5.41, 5.74) is 3.59. The molecule has 0 unspecified atom stereocenters. The number of nitrogens with zero attached hydrogens (tertiary/aromatic N) is 2. The Hall–Kier alpha value is -2.28. The van der Waals surface area contributed by atoms with Crippen molar-refractivity contribution in [2.45, 2.75) is 13.8 Å². The number of allylic oxidation sites excluding steroid dienone is 2. The number of thioether (sulfide) groups is 2. The van der Waals surface area contributed by atoms with Crippen LogP contribution in [0.25, 0.3) is 10.6 Å². The third-order valence-electron chi connectivity index (χ3n) is 4.92. The molecule has 152 valence electrons. The summed E-state index contributed by atoms with van der Waals surface area (Å²) in [5, 5.41) is 1.11. The number of carbonyl (C=O) groups excluding carboxylic acids is 1. The Labute approximate surface area is 191 Å². The molecule has 1 saturated heterocycles. The van der Waals surface area contributed by atoms with Crippen molar-refractivity contribution >= 4 is 56.6 Å². The van der Waals surface area contributed by atoms with Gasteiger partial charge in [-0.05, 0) is 37.1 Å². The van der Waals surface area contributed by atoms with Crippen LogP contribution in [-0.2, 0) is 4.79 Å². The summed E-state index contributed by atoms with van der Waals surface area (Å²) in [7, 11) is 0. The largest absolute Gasteiger partial charge is 0.335 e. The molecule has 3 nitrogen and oxygen atoms in total. The van der Waals surface area contributed by atoms with Crippen LogP contribution >= 0.6 is 35.7 Å². The van der Waals surface area contributed by atoms with Crippen LogP contribution in [0.1, 0.15) is 25.0 Å². The lowest BCUT2D eigenvalue weighted by Gasteiger charge is -2.21. The molecule has 4 rings (SSSR count). The summed E-state index contributed by atoms with van der Waals surface area (Å²) in [6.07, 6.45) is 3.96. The Balaban J connectivity index is 1.74. The lowest BCUT2D eigenvalue weighted by molar-refractivity contribution is -0.122. The first kappa shape index (κ1) is 21.0. The van der Waals surface area contributed by atoms with Gasteiger partial charge in [0.15, 0.2) is 0 Å². The third-order valence-corrected chi connectivity index (χ3v) is 7.52. The maximum atomic E-state index is 12.6. The smallest absolute Gasteiger partial charge is 0.266 e. The first-order valence-corrected chi connectivity index (χ1v) is 11.9. The van der Waals surface area contributed by atoms with Gasteiger partial charge in [0.2, 0.25) is 0 Å². The summed E-state index contributed by atoms with van der Waals surface area (Å²) in [6.45, 7) is 5.54. The fourth-order valence-electron chi connectivity index (χ4n) is 3.48. The van der Waals surface area contributed by atoms with E-state index >= 15 is 0 Å². The normalized spacial score (nSPS) is 19.7. The SMILES string of the molecule is CCN1C(=O)/C(=C/C=C2/SC(c3ccccc3)=C(c3ccccc3)N2CC)SC1=S. The molecule has 2 aromatic rings. The van der Waals surface area contributed by atoms with E-state index < -0.39 is 0 Å². The number of rotatable bonds is 5. The van der Waals surface area contributed by atoms with Gasteiger partial charge in [0.05, 0.1) is 15.6 Å². The van der Waals surface area contributed by atoms with Gasteiger partial charge in [-0.15, -0.1) is 0 Å².